The molecular weight excluding hydrogens is 242 g/mol. The van der Waals surface area contributed by atoms with E-state index in [1.54, 1.807) is 0 Å². The molecule has 0 spiro atoms. The average molecular weight is 251 g/mol. The highest BCUT2D eigenvalue weighted by Gasteiger charge is 2.18. The summed E-state index contributed by atoms with van der Waals surface area (Å²) in [6.07, 6.45) is 0.740. The van der Waals surface area contributed by atoms with Crippen molar-refractivity contribution >= 4 is 33.5 Å². The minimum atomic E-state index is -1.25. The molecule has 1 heterocycles. The first-order valence-corrected chi connectivity index (χ1v) is 5.74. The molecular formula is C11H9NO4S. The fourth-order valence-electron chi connectivity index (χ4n) is 1.53. The number of rotatable bonds is 3. The van der Waals surface area contributed by atoms with Gasteiger partial charge in [0.2, 0.25) is 0 Å². The van der Waals surface area contributed by atoms with Crippen molar-refractivity contribution in [2.24, 2.45) is 0 Å². The topological polar surface area (TPSA) is 87.5 Å². The average Bonchev–Trinajstić information content (AvgIpc) is 2.68. The summed E-state index contributed by atoms with van der Waals surface area (Å²) in [6, 6.07) is 2.69. The van der Waals surface area contributed by atoms with Crippen LogP contribution in [0.1, 0.15) is 32.6 Å². The molecule has 0 aliphatic carbocycles. The van der Waals surface area contributed by atoms with Gasteiger partial charge in [0.1, 0.15) is 0 Å². The molecule has 2 N–H and O–H groups in total. The van der Waals surface area contributed by atoms with Crippen molar-refractivity contribution in [3.63, 3.8) is 0 Å². The standard InChI is InChI=1S/C11H9NO4S/c1-2-9-12-7-3-5(10(13)14)6(11(15)16)4-8(7)17-9/h3-4H,2H2,1H3,(H,13,14)(H,15,16). The Kier molecular flexibility index (Phi) is 2.81. The van der Waals surface area contributed by atoms with E-state index in [1.165, 1.54) is 23.5 Å². The number of thiazole rings is 1. The number of carboxylic acids is 2. The molecule has 0 fully saturated rings. The molecule has 0 atom stereocenters. The van der Waals surface area contributed by atoms with Gasteiger partial charge in [0.05, 0.1) is 26.4 Å². The predicted molar refractivity (Wildman–Crippen MR) is 62.9 cm³/mol. The van der Waals surface area contributed by atoms with Crippen LogP contribution in [0.15, 0.2) is 12.1 Å². The van der Waals surface area contributed by atoms with E-state index in [2.05, 4.69) is 4.98 Å². The monoisotopic (exact) mass is 251 g/mol. The highest BCUT2D eigenvalue weighted by Crippen LogP contribution is 2.26. The van der Waals surface area contributed by atoms with E-state index < -0.39 is 11.9 Å². The summed E-state index contributed by atoms with van der Waals surface area (Å²) in [4.78, 5) is 26.2. The Bertz CT molecular complexity index is 566. The maximum Gasteiger partial charge on any atom is 0.336 e. The number of aromatic carboxylic acids is 2. The number of carbonyl (C=O) groups is 2. The van der Waals surface area contributed by atoms with Gasteiger partial charge in [0.15, 0.2) is 0 Å². The van der Waals surface area contributed by atoms with Crippen molar-refractivity contribution in [2.45, 2.75) is 13.3 Å². The van der Waals surface area contributed by atoms with Gasteiger partial charge in [-0.1, -0.05) is 6.92 Å². The lowest BCUT2D eigenvalue weighted by atomic mass is 10.1. The van der Waals surface area contributed by atoms with Crippen LogP contribution < -0.4 is 0 Å². The highest BCUT2D eigenvalue weighted by atomic mass is 32.1. The molecule has 0 amide bonds. The van der Waals surface area contributed by atoms with E-state index in [1.807, 2.05) is 6.92 Å². The van der Waals surface area contributed by atoms with Gasteiger partial charge in [-0.2, -0.15) is 0 Å². The SMILES string of the molecule is CCc1nc2cc(C(=O)O)c(C(=O)O)cc2s1. The van der Waals surface area contributed by atoms with E-state index >= 15 is 0 Å². The number of hydrogen-bond acceptors (Lipinski definition) is 4. The molecule has 0 saturated heterocycles. The van der Waals surface area contributed by atoms with Gasteiger partial charge in [-0.3, -0.25) is 0 Å². The number of hydrogen-bond donors (Lipinski definition) is 2. The Morgan fingerprint density at radius 2 is 1.82 bits per heavy atom. The summed E-state index contributed by atoms with van der Waals surface area (Å²) in [5.41, 5.74) is 0.114. The van der Waals surface area contributed by atoms with E-state index in [0.29, 0.717) is 10.2 Å². The molecule has 0 aliphatic heterocycles. The second-order valence-electron chi connectivity index (χ2n) is 3.44. The van der Waals surface area contributed by atoms with Crippen LogP contribution in [-0.4, -0.2) is 27.1 Å². The largest absolute Gasteiger partial charge is 0.478 e. The van der Waals surface area contributed by atoms with E-state index in [4.69, 9.17) is 10.2 Å². The van der Waals surface area contributed by atoms with Crippen LogP contribution in [0.5, 0.6) is 0 Å². The van der Waals surface area contributed by atoms with E-state index in [0.717, 1.165) is 11.4 Å². The maximum atomic E-state index is 11.0. The molecule has 1 aromatic heterocycles. The molecule has 0 aliphatic rings. The normalized spacial score (nSPS) is 10.6. The second kappa shape index (κ2) is 4.14. The first kappa shape index (κ1) is 11.5. The van der Waals surface area contributed by atoms with Crippen molar-refractivity contribution in [3.8, 4) is 0 Å². The third kappa shape index (κ3) is 1.99. The summed E-state index contributed by atoms with van der Waals surface area (Å²) in [6.45, 7) is 1.94. The zero-order chi connectivity index (χ0) is 12.6. The molecule has 0 radical (unpaired) electrons. The molecule has 17 heavy (non-hydrogen) atoms. The van der Waals surface area contributed by atoms with Gasteiger partial charge >= 0.3 is 11.9 Å². The summed E-state index contributed by atoms with van der Waals surface area (Å²) in [5, 5.41) is 18.8. The number of aryl methyl sites for hydroxylation is 1. The quantitative estimate of drug-likeness (QED) is 0.873. The van der Waals surface area contributed by atoms with Gasteiger partial charge in [-0.05, 0) is 18.6 Å². The van der Waals surface area contributed by atoms with Crippen LogP contribution >= 0.6 is 11.3 Å². The predicted octanol–water partition coefficient (Wildman–Crippen LogP) is 2.26. The smallest absolute Gasteiger partial charge is 0.336 e. The second-order valence-corrected chi connectivity index (χ2v) is 4.55. The number of nitrogens with zero attached hydrogens (tertiary/aromatic N) is 1. The van der Waals surface area contributed by atoms with Gasteiger partial charge < -0.3 is 10.2 Å². The summed E-state index contributed by atoms with van der Waals surface area (Å²) in [7, 11) is 0. The van der Waals surface area contributed by atoms with Crippen molar-refractivity contribution in [3.05, 3.63) is 28.3 Å². The Labute approximate surface area is 100 Å². The lowest BCUT2D eigenvalue weighted by molar-refractivity contribution is 0.0652. The minimum Gasteiger partial charge on any atom is -0.478 e. The summed E-state index contributed by atoms with van der Waals surface area (Å²) in [5.74, 6) is -2.49. The molecule has 5 nitrogen and oxygen atoms in total. The minimum absolute atomic E-state index is 0.198. The lowest BCUT2D eigenvalue weighted by Crippen LogP contribution is -2.07. The van der Waals surface area contributed by atoms with Crippen molar-refractivity contribution in [2.75, 3.05) is 0 Å². The first-order chi connectivity index (χ1) is 8.02. The zero-order valence-corrected chi connectivity index (χ0v) is 9.74. The van der Waals surface area contributed by atoms with Crippen molar-refractivity contribution in [1.82, 2.24) is 4.98 Å². The Hall–Kier alpha value is -1.95. The first-order valence-electron chi connectivity index (χ1n) is 4.93. The Morgan fingerprint density at radius 3 is 2.35 bits per heavy atom. The molecule has 0 unspecified atom stereocenters. The van der Waals surface area contributed by atoms with E-state index in [9.17, 15) is 9.59 Å². The zero-order valence-electron chi connectivity index (χ0n) is 8.93. The third-order valence-electron chi connectivity index (χ3n) is 2.34. The van der Waals surface area contributed by atoms with Gasteiger partial charge in [0.25, 0.3) is 0 Å². The molecule has 88 valence electrons. The van der Waals surface area contributed by atoms with E-state index in [-0.39, 0.29) is 11.1 Å². The molecule has 1 aromatic carbocycles. The maximum absolute atomic E-state index is 11.0. The lowest BCUT2D eigenvalue weighted by Gasteiger charge is -2.00. The van der Waals surface area contributed by atoms with Crippen LogP contribution in [-0.2, 0) is 6.42 Å². The van der Waals surface area contributed by atoms with Gasteiger partial charge in [-0.25, -0.2) is 14.6 Å². The van der Waals surface area contributed by atoms with Crippen molar-refractivity contribution < 1.29 is 19.8 Å². The highest BCUT2D eigenvalue weighted by molar-refractivity contribution is 7.18. The fraction of sp³-hybridized carbons (Fsp3) is 0.182. The third-order valence-corrected chi connectivity index (χ3v) is 3.50. The van der Waals surface area contributed by atoms with Crippen LogP contribution in [0.4, 0.5) is 0 Å². The van der Waals surface area contributed by atoms with Crippen LogP contribution in [0.2, 0.25) is 0 Å². The number of fused-ring (bicyclic) bond motifs is 1. The number of benzene rings is 1. The molecule has 2 rings (SSSR count). The molecule has 2 aromatic rings. The van der Waals surface area contributed by atoms with Crippen LogP contribution in [0, 0.1) is 0 Å². The van der Waals surface area contributed by atoms with Crippen LogP contribution in [0.3, 0.4) is 0 Å². The molecule has 6 heteroatoms. The number of aromatic nitrogens is 1. The Balaban J connectivity index is 2.74. The summed E-state index contributed by atoms with van der Waals surface area (Å²) < 4.78 is 0.698. The molecule has 0 bridgehead atoms. The Morgan fingerprint density at radius 1 is 1.24 bits per heavy atom. The van der Waals surface area contributed by atoms with Crippen LogP contribution in [0.25, 0.3) is 10.2 Å². The van der Waals surface area contributed by atoms with Crippen molar-refractivity contribution in [1.29, 1.82) is 0 Å². The number of carboxylic acid groups (broad SMARTS) is 2. The molecule has 0 saturated carbocycles. The van der Waals surface area contributed by atoms with Gasteiger partial charge in [-0.15, -0.1) is 11.3 Å². The summed E-state index contributed by atoms with van der Waals surface area (Å²) >= 11 is 1.38. The van der Waals surface area contributed by atoms with Gasteiger partial charge in [0, 0.05) is 0 Å². The fourth-order valence-corrected chi connectivity index (χ4v) is 2.45.